The molecule has 0 atom stereocenters. The van der Waals surface area contributed by atoms with Gasteiger partial charge < -0.3 is 10.0 Å². The molecular weight excluding hydrogens is 151 g/mol. The highest BCUT2D eigenvalue weighted by Crippen LogP contribution is 2.09. The Morgan fingerprint density at radius 2 is 1.75 bits per heavy atom. The number of benzene rings is 1. The summed E-state index contributed by atoms with van der Waals surface area (Å²) in [5.41, 5.74) is -2.63. The van der Waals surface area contributed by atoms with Crippen molar-refractivity contribution in [1.82, 2.24) is 0 Å². The molecule has 0 aliphatic carbocycles. The van der Waals surface area contributed by atoms with Crippen molar-refractivity contribution < 1.29 is 22.4 Å². The van der Waals surface area contributed by atoms with E-state index in [2.05, 4.69) is 0 Å². The lowest BCUT2D eigenvalue weighted by Crippen LogP contribution is -2.30. The Kier molecular flexibility index (Phi) is 0.784. The van der Waals surface area contributed by atoms with Gasteiger partial charge in [0.2, 0.25) is 0 Å². The summed E-state index contributed by atoms with van der Waals surface area (Å²) in [5, 5.41) is 18.3. The maximum atomic E-state index is 9.15. The Labute approximate surface area is 85.7 Å². The molecule has 0 saturated carbocycles. The standard InChI is InChI=1S/C9H13BO2/c1-6-4-9(10(11)12)5-7(2)8(6)3/h4-5,11-12H,1-3H3/i1D3,2D3,3D3. The molecule has 0 heterocycles. The van der Waals surface area contributed by atoms with Crippen molar-refractivity contribution in [3.63, 3.8) is 0 Å². The molecule has 0 amide bonds. The van der Waals surface area contributed by atoms with Crippen LogP contribution in [0.4, 0.5) is 0 Å². The van der Waals surface area contributed by atoms with Gasteiger partial charge in [0.25, 0.3) is 0 Å². The van der Waals surface area contributed by atoms with E-state index in [1.807, 2.05) is 0 Å². The van der Waals surface area contributed by atoms with Gasteiger partial charge in [-0.15, -0.1) is 0 Å². The first-order valence-corrected chi connectivity index (χ1v) is 3.21. The predicted molar refractivity (Wildman–Crippen MR) is 50.5 cm³/mol. The summed E-state index contributed by atoms with van der Waals surface area (Å²) in [4.78, 5) is 0. The van der Waals surface area contributed by atoms with Gasteiger partial charge in [0, 0.05) is 12.3 Å². The summed E-state index contributed by atoms with van der Waals surface area (Å²) < 4.78 is 66.4. The smallest absolute Gasteiger partial charge is 0.423 e. The topological polar surface area (TPSA) is 40.5 Å². The second-order valence-electron chi connectivity index (χ2n) is 2.36. The van der Waals surface area contributed by atoms with Crippen LogP contribution in [0.15, 0.2) is 12.1 Å². The SMILES string of the molecule is [2H]C([2H])([2H])c1cc(B(O)O)cc(C([2H])([2H])[2H])c1C([2H])([2H])[2H]. The highest BCUT2D eigenvalue weighted by atomic mass is 16.4. The average Bonchev–Trinajstić information content (AvgIpc) is 2.23. The van der Waals surface area contributed by atoms with Gasteiger partial charge in [-0.25, -0.2) is 0 Å². The van der Waals surface area contributed by atoms with Crippen LogP contribution in [-0.2, 0) is 0 Å². The molecule has 1 aromatic carbocycles. The number of rotatable bonds is 1. The van der Waals surface area contributed by atoms with Crippen LogP contribution in [0.5, 0.6) is 0 Å². The van der Waals surface area contributed by atoms with Crippen LogP contribution in [0.3, 0.4) is 0 Å². The van der Waals surface area contributed by atoms with Crippen LogP contribution in [-0.4, -0.2) is 17.2 Å². The van der Waals surface area contributed by atoms with Crippen molar-refractivity contribution in [3.05, 3.63) is 28.8 Å². The van der Waals surface area contributed by atoms with E-state index >= 15 is 0 Å². The van der Waals surface area contributed by atoms with Crippen LogP contribution in [0, 0.1) is 20.6 Å². The number of aryl methyl sites for hydroxylation is 2. The molecule has 0 bridgehead atoms. The fourth-order valence-corrected chi connectivity index (χ4v) is 0.813. The zero-order chi connectivity index (χ0) is 16.8. The van der Waals surface area contributed by atoms with Crippen LogP contribution >= 0.6 is 0 Å². The Balaban J connectivity index is 3.88. The molecule has 0 saturated heterocycles. The molecule has 0 fully saturated rings. The van der Waals surface area contributed by atoms with Crippen molar-refractivity contribution in [2.45, 2.75) is 20.6 Å². The van der Waals surface area contributed by atoms with E-state index in [0.717, 1.165) is 12.1 Å². The molecule has 0 aliphatic rings. The zero-order valence-corrected chi connectivity index (χ0v) is 6.13. The molecule has 0 aromatic heterocycles. The molecule has 0 spiro atoms. The summed E-state index contributed by atoms with van der Waals surface area (Å²) in [6.45, 7) is -8.78. The molecule has 1 aromatic rings. The van der Waals surface area contributed by atoms with Crippen molar-refractivity contribution in [3.8, 4) is 0 Å². The molecule has 64 valence electrons. The lowest BCUT2D eigenvalue weighted by atomic mass is 9.78. The summed E-state index contributed by atoms with van der Waals surface area (Å²) in [7, 11) is -2.11. The zero-order valence-electron chi connectivity index (χ0n) is 15.1. The average molecular weight is 173 g/mol. The van der Waals surface area contributed by atoms with E-state index < -0.39 is 44.4 Å². The van der Waals surface area contributed by atoms with E-state index in [-0.39, 0.29) is 5.46 Å². The Morgan fingerprint density at radius 1 is 1.17 bits per heavy atom. The first-order chi connectivity index (χ1) is 9.15. The highest BCUT2D eigenvalue weighted by Gasteiger charge is 2.12. The van der Waals surface area contributed by atoms with E-state index in [1.165, 1.54) is 0 Å². The molecule has 0 unspecified atom stereocenters. The Bertz CT molecular complexity index is 494. The summed E-state index contributed by atoms with van der Waals surface area (Å²) in [6, 6.07) is 1.57. The lowest BCUT2D eigenvalue weighted by molar-refractivity contribution is 0.425. The normalized spacial score (nSPS) is 24.3. The van der Waals surface area contributed by atoms with Gasteiger partial charge >= 0.3 is 7.12 Å². The number of hydrogen-bond acceptors (Lipinski definition) is 2. The molecule has 2 N–H and O–H groups in total. The third kappa shape index (κ3) is 1.68. The van der Waals surface area contributed by atoms with Crippen LogP contribution in [0.2, 0.25) is 0 Å². The van der Waals surface area contributed by atoms with Crippen LogP contribution < -0.4 is 5.46 Å². The maximum absolute atomic E-state index is 9.15. The molecule has 12 heavy (non-hydrogen) atoms. The second kappa shape index (κ2) is 3.29. The minimum atomic E-state index is -2.97. The van der Waals surface area contributed by atoms with Crippen LogP contribution in [0.1, 0.15) is 29.0 Å². The third-order valence-corrected chi connectivity index (χ3v) is 1.46. The van der Waals surface area contributed by atoms with E-state index in [0.29, 0.717) is 0 Å². The van der Waals surface area contributed by atoms with E-state index in [4.69, 9.17) is 22.4 Å². The minimum Gasteiger partial charge on any atom is -0.423 e. The fraction of sp³-hybridized carbons (Fsp3) is 0.333. The second-order valence-corrected chi connectivity index (χ2v) is 2.36. The van der Waals surface area contributed by atoms with Crippen molar-refractivity contribution in [1.29, 1.82) is 0 Å². The van der Waals surface area contributed by atoms with Crippen LogP contribution in [0.25, 0.3) is 0 Å². The molecule has 0 aliphatic heterocycles. The van der Waals surface area contributed by atoms with Gasteiger partial charge in [0.05, 0.1) is 0 Å². The summed E-state index contributed by atoms with van der Waals surface area (Å²) >= 11 is 0. The maximum Gasteiger partial charge on any atom is 0.488 e. The fourth-order valence-electron chi connectivity index (χ4n) is 0.813. The van der Waals surface area contributed by atoms with Gasteiger partial charge in [-0.2, -0.15) is 0 Å². The van der Waals surface area contributed by atoms with Gasteiger partial charge in [-0.1, -0.05) is 12.1 Å². The first-order valence-electron chi connectivity index (χ1n) is 7.71. The Morgan fingerprint density at radius 3 is 2.08 bits per heavy atom. The predicted octanol–water partition coefficient (Wildman–Crippen LogP) is 0.292. The van der Waals surface area contributed by atoms with Crippen molar-refractivity contribution in [2.24, 2.45) is 0 Å². The Hall–Kier alpha value is -0.795. The largest absolute Gasteiger partial charge is 0.488 e. The molecular formula is C9H13BO2. The van der Waals surface area contributed by atoms with Gasteiger partial charge in [-0.3, -0.25) is 0 Å². The molecule has 0 radical (unpaired) electrons. The van der Waals surface area contributed by atoms with Gasteiger partial charge in [-0.05, 0) is 42.7 Å². The van der Waals surface area contributed by atoms with E-state index in [9.17, 15) is 0 Å². The lowest BCUT2D eigenvalue weighted by Gasteiger charge is -2.07. The summed E-state index contributed by atoms with van der Waals surface area (Å²) in [5.74, 6) is 0. The highest BCUT2D eigenvalue weighted by molar-refractivity contribution is 6.58. The monoisotopic (exact) mass is 173 g/mol. The third-order valence-electron chi connectivity index (χ3n) is 1.46. The van der Waals surface area contributed by atoms with E-state index in [1.54, 1.807) is 0 Å². The van der Waals surface area contributed by atoms with Crippen molar-refractivity contribution >= 4 is 12.6 Å². The van der Waals surface area contributed by atoms with Crippen molar-refractivity contribution in [2.75, 3.05) is 0 Å². The quantitative estimate of drug-likeness (QED) is 0.599. The van der Waals surface area contributed by atoms with Gasteiger partial charge in [0.15, 0.2) is 0 Å². The first kappa shape index (κ1) is 2.86. The molecule has 3 heteroatoms. The van der Waals surface area contributed by atoms with Gasteiger partial charge in [0.1, 0.15) is 0 Å². The number of hydrogen-bond donors (Lipinski definition) is 2. The minimum absolute atomic E-state index is 0.389. The summed E-state index contributed by atoms with van der Waals surface area (Å²) in [6.07, 6.45) is 0. The molecule has 2 nitrogen and oxygen atoms in total. The molecule has 1 rings (SSSR count).